The molecule has 3 aromatic rings. The molecule has 0 unspecified atom stereocenters. The Kier molecular flexibility index (Phi) is 9.53. The number of ether oxygens (including phenoxy) is 3. The van der Waals surface area contributed by atoms with Crippen LogP contribution in [-0.2, 0) is 35.6 Å². The Morgan fingerprint density at radius 3 is 2.30 bits per heavy atom. The van der Waals surface area contributed by atoms with Crippen LogP contribution < -0.4 is 4.72 Å². The highest BCUT2D eigenvalue weighted by molar-refractivity contribution is 7.92. The highest BCUT2D eigenvalue weighted by Crippen LogP contribution is 2.39. The predicted molar refractivity (Wildman–Crippen MR) is 163 cm³/mol. The number of benzene rings is 3. The first-order chi connectivity index (χ1) is 20.5. The van der Waals surface area contributed by atoms with Crippen LogP contribution in [0.5, 0.6) is 0 Å². The Morgan fingerprint density at radius 2 is 1.65 bits per heavy atom. The highest BCUT2D eigenvalue weighted by atomic mass is 32.2. The van der Waals surface area contributed by atoms with Crippen LogP contribution in [0, 0.1) is 0 Å². The quantitative estimate of drug-likeness (QED) is 0.314. The molecule has 0 radical (unpaired) electrons. The summed E-state index contributed by atoms with van der Waals surface area (Å²) in [7, 11) is -3.72. The van der Waals surface area contributed by atoms with Crippen molar-refractivity contribution in [2.45, 2.75) is 81.7 Å². The minimum atomic E-state index is -3.72. The van der Waals surface area contributed by atoms with Crippen LogP contribution in [0.4, 0.5) is 5.69 Å². The molecule has 0 spiro atoms. The lowest BCUT2D eigenvalue weighted by Crippen LogP contribution is -2.45. The molecule has 2 saturated heterocycles. The summed E-state index contributed by atoms with van der Waals surface area (Å²) in [6.07, 6.45) is 1.01. The molecular weight excluding hydrogens is 568 g/mol. The Morgan fingerprint density at radius 1 is 0.977 bits per heavy atom. The lowest BCUT2D eigenvalue weighted by atomic mass is 9.99. The first-order valence-corrected chi connectivity index (χ1v) is 16.1. The van der Waals surface area contributed by atoms with Gasteiger partial charge in [0.1, 0.15) is 11.6 Å². The van der Waals surface area contributed by atoms with Crippen molar-refractivity contribution in [2.24, 2.45) is 0 Å². The molecule has 230 valence electrons. The van der Waals surface area contributed by atoms with Crippen LogP contribution >= 0.6 is 0 Å². The van der Waals surface area contributed by atoms with Crippen molar-refractivity contribution >= 4 is 21.7 Å². The molecule has 2 fully saturated rings. The molecular formula is C33H40N2O7S. The number of anilines is 1. The molecule has 3 aromatic carbocycles. The molecule has 10 heteroatoms. The first kappa shape index (κ1) is 31.2. The maximum atomic E-state index is 13.0. The van der Waals surface area contributed by atoms with E-state index in [1.165, 1.54) is 0 Å². The molecule has 0 aliphatic carbocycles. The number of likely N-dealkylation sites (tertiary alicyclic amines) is 1. The molecule has 0 aromatic heterocycles. The molecule has 4 atom stereocenters. The lowest BCUT2D eigenvalue weighted by Gasteiger charge is -2.38. The summed E-state index contributed by atoms with van der Waals surface area (Å²) in [5.41, 5.74) is 2.39. The minimum absolute atomic E-state index is 0.0401. The Bertz CT molecular complexity index is 1470. The molecule has 2 aliphatic rings. The van der Waals surface area contributed by atoms with E-state index in [0.717, 1.165) is 36.1 Å². The van der Waals surface area contributed by atoms with Gasteiger partial charge < -0.3 is 19.3 Å². The summed E-state index contributed by atoms with van der Waals surface area (Å²) in [6, 6.07) is 22.5. The number of sulfonamides is 1. The number of esters is 1. The molecule has 0 saturated carbocycles. The van der Waals surface area contributed by atoms with Crippen molar-refractivity contribution in [3.63, 3.8) is 0 Å². The number of hydrogen-bond donors (Lipinski definition) is 2. The summed E-state index contributed by atoms with van der Waals surface area (Å²) >= 11 is 0. The van der Waals surface area contributed by atoms with Crippen molar-refractivity contribution in [1.82, 2.24) is 4.90 Å². The number of aliphatic hydroxyl groups is 1. The standard InChI is InChI=1S/C33H40N2O7S/c1-33(2,3)42-31(37)29-10-7-19-35(29)21-27-20-30(24-13-11-23(22-36)12-14-24)41-32(40-27)25-15-17-26(18-16-25)34-43(38,39)28-8-5-4-6-9-28/h4-6,8-9,11-18,27,29-30,32,34,36H,7,10,19-22H2,1-3H3/t27-,29+,30+,32+/m1/s1. The average Bonchev–Trinajstić information content (AvgIpc) is 3.45. The second kappa shape index (κ2) is 13.2. The monoisotopic (exact) mass is 608 g/mol. The molecule has 2 N–H and O–H groups in total. The molecule has 0 bridgehead atoms. The number of nitrogens with zero attached hydrogens (tertiary/aromatic N) is 1. The van der Waals surface area contributed by atoms with Gasteiger partial charge in [-0.05, 0) is 75.5 Å². The summed E-state index contributed by atoms with van der Waals surface area (Å²) in [5.74, 6) is -0.210. The zero-order valence-electron chi connectivity index (χ0n) is 24.8. The molecule has 2 heterocycles. The third kappa shape index (κ3) is 8.01. The second-order valence-corrected chi connectivity index (χ2v) is 13.8. The SMILES string of the molecule is CC(C)(C)OC(=O)[C@@H]1CCCN1C[C@H]1C[C@@H](c2ccc(CO)cc2)O[C@@H](c2ccc(NS(=O)(=O)c3ccccc3)cc2)O1. The van der Waals surface area contributed by atoms with E-state index in [1.54, 1.807) is 54.6 Å². The van der Waals surface area contributed by atoms with Gasteiger partial charge in [0.2, 0.25) is 0 Å². The number of carbonyl (C=O) groups is 1. The largest absolute Gasteiger partial charge is 0.459 e. The third-order valence-corrected chi connectivity index (χ3v) is 8.98. The average molecular weight is 609 g/mol. The number of hydrogen-bond acceptors (Lipinski definition) is 8. The topological polar surface area (TPSA) is 114 Å². The number of rotatable bonds is 9. The molecule has 5 rings (SSSR count). The summed E-state index contributed by atoms with van der Waals surface area (Å²) in [6.45, 7) is 6.91. The van der Waals surface area contributed by atoms with E-state index in [2.05, 4.69) is 9.62 Å². The summed E-state index contributed by atoms with van der Waals surface area (Å²) < 4.78 is 46.8. The molecule has 9 nitrogen and oxygen atoms in total. The number of nitrogens with one attached hydrogen (secondary N) is 1. The number of carbonyl (C=O) groups excluding carboxylic acids is 1. The van der Waals surface area contributed by atoms with Crippen molar-refractivity contribution in [3.8, 4) is 0 Å². The van der Waals surface area contributed by atoms with Crippen LogP contribution in [0.1, 0.15) is 69.1 Å². The van der Waals surface area contributed by atoms with Gasteiger partial charge in [0.15, 0.2) is 6.29 Å². The van der Waals surface area contributed by atoms with Gasteiger partial charge in [0, 0.05) is 24.2 Å². The van der Waals surface area contributed by atoms with Gasteiger partial charge in [0.05, 0.1) is 23.7 Å². The van der Waals surface area contributed by atoms with Crippen LogP contribution in [0.15, 0.2) is 83.8 Å². The van der Waals surface area contributed by atoms with Crippen molar-refractivity contribution < 1.29 is 32.5 Å². The van der Waals surface area contributed by atoms with Gasteiger partial charge in [-0.3, -0.25) is 14.4 Å². The van der Waals surface area contributed by atoms with E-state index in [1.807, 2.05) is 45.0 Å². The van der Waals surface area contributed by atoms with Crippen LogP contribution in [0.3, 0.4) is 0 Å². The first-order valence-electron chi connectivity index (χ1n) is 14.7. The fourth-order valence-corrected chi connectivity index (χ4v) is 6.58. The zero-order valence-corrected chi connectivity index (χ0v) is 25.6. The smallest absolute Gasteiger partial charge is 0.323 e. The van der Waals surface area contributed by atoms with Gasteiger partial charge in [-0.1, -0.05) is 54.6 Å². The normalized spacial score (nSPS) is 23.2. The summed E-state index contributed by atoms with van der Waals surface area (Å²) in [5, 5.41) is 9.49. The van der Waals surface area contributed by atoms with Crippen LogP contribution in [0.25, 0.3) is 0 Å². The summed E-state index contributed by atoms with van der Waals surface area (Å²) in [4.78, 5) is 15.3. The van der Waals surface area contributed by atoms with E-state index in [-0.39, 0.29) is 35.7 Å². The van der Waals surface area contributed by atoms with Crippen molar-refractivity contribution in [3.05, 3.63) is 95.6 Å². The van der Waals surface area contributed by atoms with Gasteiger partial charge in [0.25, 0.3) is 10.0 Å². The van der Waals surface area contributed by atoms with Gasteiger partial charge >= 0.3 is 5.97 Å². The number of aliphatic hydroxyl groups excluding tert-OH is 1. The molecule has 2 aliphatic heterocycles. The Balaban J connectivity index is 1.34. The highest BCUT2D eigenvalue weighted by Gasteiger charge is 2.39. The molecule has 0 amide bonds. The van der Waals surface area contributed by atoms with Gasteiger partial charge in [-0.25, -0.2) is 8.42 Å². The Labute approximate surface area is 253 Å². The minimum Gasteiger partial charge on any atom is -0.459 e. The van der Waals surface area contributed by atoms with E-state index >= 15 is 0 Å². The van der Waals surface area contributed by atoms with E-state index < -0.39 is 21.9 Å². The predicted octanol–water partition coefficient (Wildman–Crippen LogP) is 5.33. The zero-order chi connectivity index (χ0) is 30.6. The second-order valence-electron chi connectivity index (χ2n) is 12.1. The third-order valence-electron chi connectivity index (χ3n) is 7.58. The fourth-order valence-electron chi connectivity index (χ4n) is 5.50. The molecule has 43 heavy (non-hydrogen) atoms. The fraction of sp³-hybridized carbons (Fsp3) is 0.424. The van der Waals surface area contributed by atoms with E-state index in [4.69, 9.17) is 14.2 Å². The van der Waals surface area contributed by atoms with Crippen LogP contribution in [-0.4, -0.2) is 55.2 Å². The van der Waals surface area contributed by atoms with Crippen LogP contribution in [0.2, 0.25) is 0 Å². The van der Waals surface area contributed by atoms with Gasteiger partial charge in [-0.15, -0.1) is 0 Å². The van der Waals surface area contributed by atoms with Crippen molar-refractivity contribution in [1.29, 1.82) is 0 Å². The maximum Gasteiger partial charge on any atom is 0.323 e. The van der Waals surface area contributed by atoms with Gasteiger partial charge in [-0.2, -0.15) is 0 Å². The van der Waals surface area contributed by atoms with Crippen molar-refractivity contribution in [2.75, 3.05) is 17.8 Å². The lowest BCUT2D eigenvalue weighted by molar-refractivity contribution is -0.253. The maximum absolute atomic E-state index is 13.0. The van der Waals surface area contributed by atoms with E-state index in [9.17, 15) is 18.3 Å². The van der Waals surface area contributed by atoms with E-state index in [0.29, 0.717) is 18.7 Å². The Hall–Kier alpha value is -3.28.